The average Bonchev–Trinajstić information content (AvgIpc) is 3.58. The van der Waals surface area contributed by atoms with Gasteiger partial charge in [0.05, 0.1) is 6.54 Å². The molecule has 1 aromatic heterocycles. The first-order chi connectivity index (χ1) is 29.0. The molecule has 2 saturated heterocycles. The van der Waals surface area contributed by atoms with Gasteiger partial charge in [-0.1, -0.05) is 67.1 Å². The van der Waals surface area contributed by atoms with Crippen molar-refractivity contribution in [2.75, 3.05) is 32.5 Å². The van der Waals surface area contributed by atoms with Crippen molar-refractivity contribution >= 4 is 62.8 Å². The number of benzene rings is 1. The Morgan fingerprint density at radius 3 is 2.31 bits per heavy atom. The number of hydrogen-bond donors (Lipinski definition) is 2. The van der Waals surface area contributed by atoms with Gasteiger partial charge in [-0.25, -0.2) is 13.2 Å². The first-order valence-corrected chi connectivity index (χ1v) is 21.8. The summed E-state index contributed by atoms with van der Waals surface area (Å²) < 4.78 is 86.3. The molecule has 342 valence electrons. The van der Waals surface area contributed by atoms with E-state index in [1.165, 1.54) is 24.2 Å². The standard InChI is InChI=1S/C42H52BrClF6N6O6/c1-24(2)17-30-36(59)54(4)33(19-25-18-26(44)13-14-28(25)43)38(61)53(3)15-9-7-5-6-8-12-31(34(57)52-30)55-16-10-11-29(37(55)60)51-35(58)32-20-27(45)21-56(32)39(62)40(42(48,49)50)22-41(46,47)23-40/h10-11,13-14,16,18,24,27,30-33H,5-9,12,15,17,19-23H2,1-4H3,(H,51,58)(H,52,57)/t27-,30+,31+,32+,33+/m1/s1. The van der Waals surface area contributed by atoms with E-state index in [0.29, 0.717) is 45.8 Å². The van der Waals surface area contributed by atoms with E-state index in [4.69, 9.17) is 11.6 Å². The Morgan fingerprint density at radius 1 is 1.00 bits per heavy atom. The van der Waals surface area contributed by atoms with Crippen molar-refractivity contribution in [3.63, 3.8) is 0 Å². The second-order valence-corrected chi connectivity index (χ2v) is 18.4. The van der Waals surface area contributed by atoms with E-state index in [2.05, 4.69) is 26.6 Å². The number of carbonyl (C=O) groups excluding carboxylic acids is 5. The minimum absolute atomic E-state index is 0.101. The van der Waals surface area contributed by atoms with Gasteiger partial charge in [-0.3, -0.25) is 28.8 Å². The molecule has 20 heteroatoms. The Labute approximate surface area is 369 Å². The number of nitrogens with zero attached hydrogens (tertiary/aromatic N) is 4. The number of alkyl halides is 6. The summed E-state index contributed by atoms with van der Waals surface area (Å²) in [6.07, 6.45) is -6.90. The molecule has 12 nitrogen and oxygen atoms in total. The highest BCUT2D eigenvalue weighted by molar-refractivity contribution is 9.10. The molecule has 1 aliphatic carbocycles. The number of likely N-dealkylation sites (tertiary alicyclic amines) is 1. The SMILES string of the molecule is CC(C)C[C@@H]1NC(=O)[C@@H](n2cccc(NC(=O)[C@@H]3C[C@@H](F)CN3C(=O)C3(C(F)(F)F)CC(F)(F)C3)c2=O)CCCCCCCN(C)C(=O)[C@H](Cc2cc(Cl)ccc2Br)N(C)C1=O. The number of amides is 5. The number of halogens is 8. The van der Waals surface area contributed by atoms with E-state index in [1.54, 1.807) is 30.1 Å². The van der Waals surface area contributed by atoms with Crippen LogP contribution in [0.5, 0.6) is 0 Å². The van der Waals surface area contributed by atoms with Gasteiger partial charge in [-0.2, -0.15) is 13.2 Å². The van der Waals surface area contributed by atoms with Crippen LogP contribution in [0.25, 0.3) is 0 Å². The summed E-state index contributed by atoms with van der Waals surface area (Å²) >= 11 is 9.82. The van der Waals surface area contributed by atoms with Crippen molar-refractivity contribution in [3.8, 4) is 0 Å². The zero-order valence-corrected chi connectivity index (χ0v) is 37.2. The molecule has 2 aliphatic heterocycles. The monoisotopic (exact) mass is 964 g/mol. The third-order valence-electron chi connectivity index (χ3n) is 11.9. The molecule has 2 N–H and O–H groups in total. The molecule has 0 spiro atoms. The lowest BCUT2D eigenvalue weighted by Gasteiger charge is -2.48. The maximum Gasteiger partial charge on any atom is 0.403 e. The van der Waals surface area contributed by atoms with Gasteiger partial charge in [0.15, 0.2) is 5.41 Å². The second-order valence-electron chi connectivity index (χ2n) is 17.1. The highest BCUT2D eigenvalue weighted by Gasteiger charge is 2.75. The Balaban J connectivity index is 1.43. The maximum absolute atomic E-state index is 14.7. The molecule has 1 saturated carbocycles. The van der Waals surface area contributed by atoms with Crippen LogP contribution in [0, 0.1) is 11.3 Å². The average molecular weight is 966 g/mol. The fourth-order valence-electron chi connectivity index (χ4n) is 8.54. The lowest BCUT2D eigenvalue weighted by Crippen LogP contribution is -2.64. The van der Waals surface area contributed by atoms with E-state index < -0.39 is 109 Å². The third kappa shape index (κ3) is 11.0. The molecule has 1 aromatic carbocycles. The van der Waals surface area contributed by atoms with Crippen molar-refractivity contribution in [1.29, 1.82) is 0 Å². The zero-order chi connectivity index (χ0) is 45.9. The lowest BCUT2D eigenvalue weighted by atomic mass is 9.64. The molecule has 5 atom stereocenters. The van der Waals surface area contributed by atoms with Gasteiger partial charge >= 0.3 is 6.18 Å². The summed E-state index contributed by atoms with van der Waals surface area (Å²) in [5.74, 6) is -8.56. The van der Waals surface area contributed by atoms with Crippen LogP contribution in [0.3, 0.4) is 0 Å². The number of aromatic nitrogens is 1. The fourth-order valence-corrected chi connectivity index (χ4v) is 9.14. The lowest BCUT2D eigenvalue weighted by molar-refractivity contribution is -0.299. The molecule has 3 fully saturated rings. The normalized spacial score (nSPS) is 25.4. The van der Waals surface area contributed by atoms with Crippen LogP contribution >= 0.6 is 27.5 Å². The number of likely N-dealkylation sites (N-methyl/N-ethyl adjacent to an activating group) is 2. The van der Waals surface area contributed by atoms with Crippen LogP contribution < -0.4 is 16.2 Å². The van der Waals surface area contributed by atoms with Crippen LogP contribution in [0.1, 0.15) is 89.7 Å². The first kappa shape index (κ1) is 48.9. The summed E-state index contributed by atoms with van der Waals surface area (Å²) in [6.45, 7) is 3.17. The van der Waals surface area contributed by atoms with Crippen LogP contribution in [0.2, 0.25) is 5.02 Å². The summed E-state index contributed by atoms with van der Waals surface area (Å²) in [4.78, 5) is 87.0. The van der Waals surface area contributed by atoms with Crippen molar-refractivity contribution < 1.29 is 50.3 Å². The fraction of sp³-hybridized carbons (Fsp3) is 0.619. The minimum atomic E-state index is -5.40. The van der Waals surface area contributed by atoms with E-state index in [9.17, 15) is 55.1 Å². The van der Waals surface area contributed by atoms with Crippen LogP contribution in [0.15, 0.2) is 45.8 Å². The van der Waals surface area contributed by atoms with Crippen molar-refractivity contribution in [3.05, 3.63) is 61.9 Å². The van der Waals surface area contributed by atoms with Gasteiger partial charge in [0, 0.05) is 62.0 Å². The smallest absolute Gasteiger partial charge is 0.344 e. The Bertz CT molecular complexity index is 2060. The number of pyridine rings is 1. The van der Waals surface area contributed by atoms with Gasteiger partial charge < -0.3 is 29.9 Å². The highest BCUT2D eigenvalue weighted by atomic mass is 79.9. The topological polar surface area (TPSA) is 141 Å². The molecular weight excluding hydrogens is 914 g/mol. The number of hydrogen-bond acceptors (Lipinski definition) is 6. The largest absolute Gasteiger partial charge is 0.403 e. The zero-order valence-electron chi connectivity index (χ0n) is 34.9. The van der Waals surface area contributed by atoms with E-state index in [-0.39, 0.29) is 31.1 Å². The van der Waals surface area contributed by atoms with Crippen LogP contribution in [-0.2, 0) is 30.4 Å². The number of anilines is 1. The molecule has 62 heavy (non-hydrogen) atoms. The van der Waals surface area contributed by atoms with E-state index in [1.807, 2.05) is 13.8 Å². The predicted molar refractivity (Wildman–Crippen MR) is 222 cm³/mol. The number of carbonyl (C=O) groups is 5. The molecule has 5 amide bonds. The molecule has 3 heterocycles. The van der Waals surface area contributed by atoms with Gasteiger partial charge in [0.2, 0.25) is 29.5 Å². The molecular formula is C42H52BrClF6N6O6. The Kier molecular flexibility index (Phi) is 15.6. The summed E-state index contributed by atoms with van der Waals surface area (Å²) in [5, 5.41) is 5.53. The highest BCUT2D eigenvalue weighted by Crippen LogP contribution is 2.61. The molecule has 2 aromatic rings. The third-order valence-corrected chi connectivity index (χ3v) is 13.0. The molecule has 0 unspecified atom stereocenters. The molecule has 0 radical (unpaired) electrons. The second kappa shape index (κ2) is 19.7. The van der Waals surface area contributed by atoms with E-state index in [0.717, 1.165) is 23.5 Å². The van der Waals surface area contributed by atoms with Crippen molar-refractivity contribution in [1.82, 2.24) is 24.6 Å². The minimum Gasteiger partial charge on any atom is -0.344 e. The Morgan fingerprint density at radius 2 is 1.66 bits per heavy atom. The maximum atomic E-state index is 14.7. The molecule has 5 rings (SSSR count). The van der Waals surface area contributed by atoms with Crippen LogP contribution in [0.4, 0.5) is 32.0 Å². The molecule has 0 bridgehead atoms. The Hall–Kier alpha value is -4.13. The predicted octanol–water partition coefficient (Wildman–Crippen LogP) is 7.07. The van der Waals surface area contributed by atoms with Crippen molar-refractivity contribution in [2.45, 2.75) is 127 Å². The summed E-state index contributed by atoms with van der Waals surface area (Å²) in [5.41, 5.74) is -4.18. The summed E-state index contributed by atoms with van der Waals surface area (Å²) in [7, 11) is 3.17. The number of rotatable bonds is 8. The van der Waals surface area contributed by atoms with Crippen LogP contribution in [-0.4, -0.2) is 112 Å². The molecule has 3 aliphatic rings. The van der Waals surface area contributed by atoms with Gasteiger partial charge in [-0.15, -0.1) is 0 Å². The quantitative estimate of drug-likeness (QED) is 0.272. The van der Waals surface area contributed by atoms with Gasteiger partial charge in [0.1, 0.15) is 36.0 Å². The van der Waals surface area contributed by atoms with Gasteiger partial charge in [0.25, 0.3) is 11.5 Å². The van der Waals surface area contributed by atoms with E-state index >= 15 is 0 Å². The van der Waals surface area contributed by atoms with Crippen molar-refractivity contribution in [2.24, 2.45) is 11.3 Å². The van der Waals surface area contributed by atoms with Gasteiger partial charge in [-0.05, 0) is 61.1 Å². The summed E-state index contributed by atoms with van der Waals surface area (Å²) in [6, 6.07) is 2.37. The number of nitrogens with one attached hydrogen (secondary N) is 2. The first-order valence-electron chi connectivity index (χ1n) is 20.6.